The van der Waals surface area contributed by atoms with Gasteiger partial charge < -0.3 is 4.90 Å². The number of nitrogens with zero attached hydrogens (tertiary/aromatic N) is 2. The van der Waals surface area contributed by atoms with Gasteiger partial charge in [-0.1, -0.05) is 25.3 Å². The van der Waals surface area contributed by atoms with Gasteiger partial charge in [-0.25, -0.2) is 4.98 Å². The molecule has 1 aromatic heterocycles. The maximum Gasteiger partial charge on any atom is 0.133 e. The Hall–Kier alpha value is -1.05. The highest BCUT2D eigenvalue weighted by Crippen LogP contribution is 2.53. The molecule has 1 atom stereocenters. The Morgan fingerprint density at radius 1 is 1.21 bits per heavy atom. The molecule has 2 nitrogen and oxygen atoms in total. The summed E-state index contributed by atoms with van der Waals surface area (Å²) in [5.41, 5.74) is 2.01. The first-order chi connectivity index (χ1) is 8.97. The predicted molar refractivity (Wildman–Crippen MR) is 80.7 cm³/mol. The van der Waals surface area contributed by atoms with E-state index in [0.717, 1.165) is 0 Å². The van der Waals surface area contributed by atoms with Crippen LogP contribution in [0, 0.1) is 0 Å². The Morgan fingerprint density at radius 2 is 1.89 bits per heavy atom. The van der Waals surface area contributed by atoms with Crippen LogP contribution in [-0.4, -0.2) is 16.6 Å². The van der Waals surface area contributed by atoms with Gasteiger partial charge in [0.15, 0.2) is 0 Å². The van der Waals surface area contributed by atoms with Crippen molar-refractivity contribution >= 4 is 5.82 Å². The normalized spacial score (nSPS) is 25.7. The third-order valence-electron chi connectivity index (χ3n) is 5.21. The number of pyridine rings is 1. The molecule has 0 radical (unpaired) electrons. The van der Waals surface area contributed by atoms with Crippen molar-refractivity contribution in [3.63, 3.8) is 0 Å². The summed E-state index contributed by atoms with van der Waals surface area (Å²) in [5.74, 6) is 1.24. The highest BCUT2D eigenvalue weighted by molar-refractivity contribution is 5.61. The molecule has 2 heteroatoms. The molecule has 0 amide bonds. The van der Waals surface area contributed by atoms with Gasteiger partial charge in [-0.05, 0) is 46.6 Å². The summed E-state index contributed by atoms with van der Waals surface area (Å²) in [6.45, 7) is 9.34. The summed E-state index contributed by atoms with van der Waals surface area (Å²) in [5, 5.41) is 0. The highest BCUT2D eigenvalue weighted by Gasteiger charge is 2.51. The van der Waals surface area contributed by atoms with Crippen LogP contribution < -0.4 is 4.90 Å². The average molecular weight is 258 g/mol. The number of aromatic nitrogens is 1. The number of anilines is 1. The Bertz CT molecular complexity index is 466. The third-order valence-corrected chi connectivity index (χ3v) is 5.21. The Labute approximate surface area is 117 Å². The molecule has 1 aromatic rings. The molecule has 1 unspecified atom stereocenters. The van der Waals surface area contributed by atoms with Crippen molar-refractivity contribution < 1.29 is 0 Å². The molecule has 2 aliphatic rings. The minimum Gasteiger partial charge on any atom is -0.348 e. The van der Waals surface area contributed by atoms with Gasteiger partial charge in [0.1, 0.15) is 5.82 Å². The Kier molecular flexibility index (Phi) is 2.88. The largest absolute Gasteiger partial charge is 0.348 e. The first-order valence-electron chi connectivity index (χ1n) is 7.72. The molecule has 1 aliphatic heterocycles. The second-order valence-corrected chi connectivity index (χ2v) is 7.31. The van der Waals surface area contributed by atoms with Gasteiger partial charge in [0.2, 0.25) is 0 Å². The van der Waals surface area contributed by atoms with Crippen LogP contribution in [0.3, 0.4) is 0 Å². The molecule has 0 saturated heterocycles. The van der Waals surface area contributed by atoms with Crippen LogP contribution in [0.2, 0.25) is 0 Å². The van der Waals surface area contributed by atoms with E-state index in [2.05, 4.69) is 44.7 Å². The molecule has 1 fully saturated rings. The van der Waals surface area contributed by atoms with Crippen LogP contribution in [0.15, 0.2) is 18.3 Å². The molecule has 19 heavy (non-hydrogen) atoms. The maximum absolute atomic E-state index is 4.73. The van der Waals surface area contributed by atoms with Gasteiger partial charge >= 0.3 is 0 Å². The molecule has 0 aromatic carbocycles. The van der Waals surface area contributed by atoms with E-state index in [0.29, 0.717) is 11.5 Å². The second-order valence-electron chi connectivity index (χ2n) is 7.31. The van der Waals surface area contributed by atoms with Crippen molar-refractivity contribution in [2.24, 2.45) is 0 Å². The molecule has 1 spiro atoms. The van der Waals surface area contributed by atoms with E-state index in [4.69, 9.17) is 4.98 Å². The Morgan fingerprint density at radius 3 is 2.53 bits per heavy atom. The molecule has 0 N–H and O–H groups in total. The molecular weight excluding hydrogens is 232 g/mol. The van der Waals surface area contributed by atoms with Crippen LogP contribution in [0.25, 0.3) is 0 Å². The van der Waals surface area contributed by atoms with Crippen molar-refractivity contribution in [3.05, 3.63) is 23.9 Å². The summed E-state index contributed by atoms with van der Waals surface area (Å²) >= 11 is 0. The van der Waals surface area contributed by atoms with Crippen molar-refractivity contribution in [1.29, 1.82) is 0 Å². The Balaban J connectivity index is 2.14. The van der Waals surface area contributed by atoms with E-state index in [-0.39, 0.29) is 5.54 Å². The van der Waals surface area contributed by atoms with Crippen molar-refractivity contribution in [2.45, 2.75) is 76.8 Å². The SMILES string of the molecule is CC1N(C(C)(C)C)c2ncccc2C12CCCCC2. The standard InChI is InChI=1S/C17H26N2/c1-13-17(10-6-5-7-11-17)14-9-8-12-18-15(14)19(13)16(2,3)4/h8-9,12-13H,5-7,10-11H2,1-4H3. The van der Waals surface area contributed by atoms with Crippen molar-refractivity contribution in [1.82, 2.24) is 4.98 Å². The lowest BCUT2D eigenvalue weighted by molar-refractivity contribution is 0.247. The number of fused-ring (bicyclic) bond motifs is 2. The predicted octanol–water partition coefficient (Wildman–Crippen LogP) is 4.29. The molecule has 1 saturated carbocycles. The van der Waals surface area contributed by atoms with Gasteiger partial charge in [0, 0.05) is 28.8 Å². The zero-order chi connectivity index (χ0) is 13.7. The second kappa shape index (κ2) is 4.22. The van der Waals surface area contributed by atoms with E-state index in [1.165, 1.54) is 43.5 Å². The molecule has 0 bridgehead atoms. The molecule has 1 aliphatic carbocycles. The lowest BCUT2D eigenvalue weighted by Gasteiger charge is -2.44. The van der Waals surface area contributed by atoms with Gasteiger partial charge in [-0.3, -0.25) is 0 Å². The van der Waals surface area contributed by atoms with E-state index in [1.807, 2.05) is 6.20 Å². The fourth-order valence-electron chi connectivity index (χ4n) is 4.40. The monoisotopic (exact) mass is 258 g/mol. The van der Waals surface area contributed by atoms with Crippen molar-refractivity contribution in [2.75, 3.05) is 4.90 Å². The first kappa shape index (κ1) is 13.0. The zero-order valence-electron chi connectivity index (χ0n) is 12.7. The van der Waals surface area contributed by atoms with Gasteiger partial charge in [-0.2, -0.15) is 0 Å². The quantitative estimate of drug-likeness (QED) is 0.690. The topological polar surface area (TPSA) is 16.1 Å². The highest BCUT2D eigenvalue weighted by atomic mass is 15.3. The van der Waals surface area contributed by atoms with Crippen LogP contribution in [0.4, 0.5) is 5.82 Å². The summed E-state index contributed by atoms with van der Waals surface area (Å²) in [6.07, 6.45) is 8.76. The number of rotatable bonds is 0. The minimum absolute atomic E-state index is 0.142. The zero-order valence-corrected chi connectivity index (χ0v) is 12.7. The molecule has 104 valence electrons. The minimum atomic E-state index is 0.142. The van der Waals surface area contributed by atoms with Gasteiger partial charge in [0.25, 0.3) is 0 Å². The van der Waals surface area contributed by atoms with E-state index >= 15 is 0 Å². The molecule has 3 rings (SSSR count). The van der Waals surface area contributed by atoms with Gasteiger partial charge in [-0.15, -0.1) is 0 Å². The lowest BCUT2D eigenvalue weighted by atomic mass is 9.67. The molecular formula is C17H26N2. The van der Waals surface area contributed by atoms with Crippen molar-refractivity contribution in [3.8, 4) is 0 Å². The summed E-state index contributed by atoms with van der Waals surface area (Å²) < 4.78 is 0. The first-order valence-corrected chi connectivity index (χ1v) is 7.72. The van der Waals surface area contributed by atoms with Crippen LogP contribution in [0.5, 0.6) is 0 Å². The fourth-order valence-corrected chi connectivity index (χ4v) is 4.40. The van der Waals surface area contributed by atoms with Crippen LogP contribution in [-0.2, 0) is 5.41 Å². The van der Waals surface area contributed by atoms with Gasteiger partial charge in [0.05, 0.1) is 0 Å². The van der Waals surface area contributed by atoms with E-state index in [9.17, 15) is 0 Å². The summed E-state index contributed by atoms with van der Waals surface area (Å²) in [7, 11) is 0. The third kappa shape index (κ3) is 1.79. The summed E-state index contributed by atoms with van der Waals surface area (Å²) in [4.78, 5) is 7.30. The molecule has 2 heterocycles. The average Bonchev–Trinajstić information content (AvgIpc) is 2.61. The lowest BCUT2D eigenvalue weighted by Crippen LogP contribution is -2.51. The van der Waals surface area contributed by atoms with E-state index < -0.39 is 0 Å². The summed E-state index contributed by atoms with van der Waals surface area (Å²) in [6, 6.07) is 5.02. The smallest absolute Gasteiger partial charge is 0.133 e. The number of hydrogen-bond acceptors (Lipinski definition) is 2. The van der Waals surface area contributed by atoms with Crippen LogP contribution >= 0.6 is 0 Å². The fraction of sp³-hybridized carbons (Fsp3) is 0.706. The number of hydrogen-bond donors (Lipinski definition) is 0. The van der Waals surface area contributed by atoms with Crippen LogP contribution in [0.1, 0.15) is 65.4 Å². The maximum atomic E-state index is 4.73. The van der Waals surface area contributed by atoms with E-state index in [1.54, 1.807) is 0 Å².